The molecule has 1 atom stereocenters. The van der Waals surface area contributed by atoms with Crippen molar-refractivity contribution in [1.29, 1.82) is 0 Å². The molecule has 0 rings (SSSR count). The van der Waals surface area contributed by atoms with Crippen LogP contribution in [0.3, 0.4) is 0 Å². The first-order valence-corrected chi connectivity index (χ1v) is 7.32. The lowest BCUT2D eigenvalue weighted by molar-refractivity contribution is 0.152. The third-order valence-electron chi connectivity index (χ3n) is 1.91. The van der Waals surface area contributed by atoms with Crippen LogP contribution in [0.15, 0.2) is 0 Å². The fourth-order valence-electron chi connectivity index (χ4n) is 1.47. The molecule has 0 aliphatic heterocycles. The summed E-state index contributed by atoms with van der Waals surface area (Å²) in [4.78, 5) is 0. The molecular weight excluding hydrogens is 226 g/mol. The summed E-state index contributed by atoms with van der Waals surface area (Å²) in [6, 6.07) is 0. The van der Waals surface area contributed by atoms with Crippen LogP contribution >= 0.6 is 0 Å². The van der Waals surface area contributed by atoms with E-state index in [1.807, 2.05) is 34.6 Å². The largest absolute Gasteiger partial charge is 0.392 e. The van der Waals surface area contributed by atoms with Gasteiger partial charge in [-0.1, -0.05) is 34.6 Å². The topological polar surface area (TPSA) is 66.4 Å². The molecule has 1 unspecified atom stereocenters. The molecule has 98 valence electrons. The Morgan fingerprint density at radius 2 is 1.75 bits per heavy atom. The van der Waals surface area contributed by atoms with Crippen molar-refractivity contribution in [2.24, 2.45) is 11.3 Å². The van der Waals surface area contributed by atoms with Gasteiger partial charge in [0.05, 0.1) is 11.9 Å². The summed E-state index contributed by atoms with van der Waals surface area (Å²) in [7, 11) is -3.28. The highest BCUT2D eigenvalue weighted by atomic mass is 32.2. The van der Waals surface area contributed by atoms with Gasteiger partial charge in [-0.25, -0.2) is 13.1 Å². The van der Waals surface area contributed by atoms with Gasteiger partial charge in [-0.2, -0.15) is 0 Å². The highest BCUT2D eigenvalue weighted by Crippen LogP contribution is 2.15. The average molecular weight is 251 g/mol. The zero-order chi connectivity index (χ0) is 13.0. The fourth-order valence-corrected chi connectivity index (χ4v) is 3.16. The van der Waals surface area contributed by atoms with Gasteiger partial charge in [-0.05, 0) is 17.8 Å². The summed E-state index contributed by atoms with van der Waals surface area (Å²) in [5.74, 6) is 0.441. The molecule has 0 aliphatic carbocycles. The summed E-state index contributed by atoms with van der Waals surface area (Å²) in [5, 5.41) is 9.55. The third kappa shape index (κ3) is 9.12. The normalized spacial score (nSPS) is 15.4. The van der Waals surface area contributed by atoms with Gasteiger partial charge in [0.15, 0.2) is 0 Å². The molecule has 0 saturated carbocycles. The van der Waals surface area contributed by atoms with Crippen LogP contribution in [0.25, 0.3) is 0 Å². The highest BCUT2D eigenvalue weighted by molar-refractivity contribution is 7.89. The van der Waals surface area contributed by atoms with Crippen LogP contribution in [0, 0.1) is 11.3 Å². The lowest BCUT2D eigenvalue weighted by Gasteiger charge is -2.19. The van der Waals surface area contributed by atoms with E-state index >= 15 is 0 Å². The molecule has 5 heteroatoms. The third-order valence-corrected chi connectivity index (χ3v) is 3.76. The molecule has 0 spiro atoms. The maximum atomic E-state index is 11.6. The lowest BCUT2D eigenvalue weighted by atomic mass is 10.0. The number of sulfonamides is 1. The Morgan fingerprint density at radius 1 is 1.25 bits per heavy atom. The molecule has 0 heterocycles. The van der Waals surface area contributed by atoms with Gasteiger partial charge < -0.3 is 5.11 Å². The van der Waals surface area contributed by atoms with Gasteiger partial charge in [0.1, 0.15) is 0 Å². The maximum absolute atomic E-state index is 11.6. The SMILES string of the molecule is CC(C)CC(O)CNS(=O)(=O)CC(C)(C)C. The van der Waals surface area contributed by atoms with E-state index in [4.69, 9.17) is 0 Å². The molecule has 0 fully saturated rings. The first-order chi connectivity index (χ1) is 7.02. The Bertz CT molecular complexity index is 291. The van der Waals surface area contributed by atoms with Crippen LogP contribution in [0.4, 0.5) is 0 Å². The van der Waals surface area contributed by atoms with Crippen LogP contribution in [-0.2, 0) is 10.0 Å². The number of rotatable bonds is 6. The van der Waals surface area contributed by atoms with Gasteiger partial charge >= 0.3 is 0 Å². The van der Waals surface area contributed by atoms with Crippen LogP contribution in [0.1, 0.15) is 41.0 Å². The van der Waals surface area contributed by atoms with Gasteiger partial charge in [0.25, 0.3) is 0 Å². The lowest BCUT2D eigenvalue weighted by Crippen LogP contribution is -2.37. The molecule has 0 aromatic heterocycles. The molecule has 0 aliphatic rings. The number of hydrogen-bond acceptors (Lipinski definition) is 3. The van der Waals surface area contributed by atoms with Crippen molar-refractivity contribution in [1.82, 2.24) is 4.72 Å². The molecule has 0 bridgehead atoms. The van der Waals surface area contributed by atoms with Crippen molar-refractivity contribution in [2.45, 2.75) is 47.1 Å². The van der Waals surface area contributed by atoms with Crippen molar-refractivity contribution < 1.29 is 13.5 Å². The highest BCUT2D eigenvalue weighted by Gasteiger charge is 2.22. The minimum Gasteiger partial charge on any atom is -0.392 e. The smallest absolute Gasteiger partial charge is 0.212 e. The van der Waals surface area contributed by atoms with Gasteiger partial charge in [-0.15, -0.1) is 0 Å². The first-order valence-electron chi connectivity index (χ1n) is 5.67. The monoisotopic (exact) mass is 251 g/mol. The van der Waals surface area contributed by atoms with E-state index < -0.39 is 16.1 Å². The molecule has 0 saturated heterocycles. The fraction of sp³-hybridized carbons (Fsp3) is 1.00. The summed E-state index contributed by atoms with van der Waals surface area (Å²) in [5.41, 5.74) is -0.269. The van der Waals surface area contributed by atoms with E-state index in [-0.39, 0.29) is 17.7 Å². The van der Waals surface area contributed by atoms with Crippen LogP contribution < -0.4 is 4.72 Å². The zero-order valence-electron chi connectivity index (χ0n) is 10.9. The minimum absolute atomic E-state index is 0.0778. The Hall–Kier alpha value is -0.130. The van der Waals surface area contributed by atoms with Crippen LogP contribution in [0.2, 0.25) is 0 Å². The molecule has 0 aromatic carbocycles. The Kier molecular flexibility index (Phi) is 5.93. The second kappa shape index (κ2) is 5.98. The summed E-state index contributed by atoms with van der Waals surface area (Å²) in [6.07, 6.45) is 0.00708. The van der Waals surface area contributed by atoms with Crippen LogP contribution in [-0.4, -0.2) is 31.9 Å². The minimum atomic E-state index is -3.28. The van der Waals surface area contributed by atoms with Crippen molar-refractivity contribution in [3.63, 3.8) is 0 Å². The molecule has 2 N–H and O–H groups in total. The van der Waals surface area contributed by atoms with Crippen molar-refractivity contribution in [2.75, 3.05) is 12.3 Å². The predicted molar refractivity (Wildman–Crippen MR) is 66.7 cm³/mol. The quantitative estimate of drug-likeness (QED) is 0.749. The summed E-state index contributed by atoms with van der Waals surface area (Å²) in [6.45, 7) is 9.71. The molecule has 0 aromatic rings. The second-order valence-electron chi connectivity index (χ2n) is 5.95. The molecule has 0 amide bonds. The summed E-state index contributed by atoms with van der Waals surface area (Å²) < 4.78 is 25.7. The first kappa shape index (κ1) is 15.9. The van der Waals surface area contributed by atoms with Crippen molar-refractivity contribution >= 4 is 10.0 Å². The van der Waals surface area contributed by atoms with E-state index in [9.17, 15) is 13.5 Å². The average Bonchev–Trinajstić information content (AvgIpc) is 1.95. The number of aliphatic hydroxyl groups is 1. The Balaban J connectivity index is 4.10. The van der Waals surface area contributed by atoms with E-state index in [1.165, 1.54) is 0 Å². The van der Waals surface area contributed by atoms with Crippen LogP contribution in [0.5, 0.6) is 0 Å². The Morgan fingerprint density at radius 3 is 2.12 bits per heavy atom. The number of hydrogen-bond donors (Lipinski definition) is 2. The van der Waals surface area contributed by atoms with Gasteiger partial charge in [-0.3, -0.25) is 0 Å². The van der Waals surface area contributed by atoms with E-state index in [0.29, 0.717) is 12.3 Å². The molecule has 4 nitrogen and oxygen atoms in total. The summed E-state index contributed by atoms with van der Waals surface area (Å²) >= 11 is 0. The maximum Gasteiger partial charge on any atom is 0.212 e. The number of aliphatic hydroxyl groups excluding tert-OH is 1. The number of nitrogens with one attached hydrogen (secondary N) is 1. The van der Waals surface area contributed by atoms with E-state index in [0.717, 1.165) is 0 Å². The molecule has 0 radical (unpaired) electrons. The second-order valence-corrected chi connectivity index (χ2v) is 7.76. The molecule has 16 heavy (non-hydrogen) atoms. The van der Waals surface area contributed by atoms with E-state index in [1.54, 1.807) is 0 Å². The standard InChI is InChI=1S/C11H25NO3S/c1-9(2)6-10(13)7-12-16(14,15)8-11(3,4)5/h9-10,12-13H,6-8H2,1-5H3. The predicted octanol–water partition coefficient (Wildman–Crippen LogP) is 1.36. The molecular formula is C11H25NO3S. The van der Waals surface area contributed by atoms with Crippen molar-refractivity contribution in [3.8, 4) is 0 Å². The van der Waals surface area contributed by atoms with Gasteiger partial charge in [0, 0.05) is 6.54 Å². The zero-order valence-corrected chi connectivity index (χ0v) is 11.8. The van der Waals surface area contributed by atoms with E-state index in [2.05, 4.69) is 4.72 Å². The van der Waals surface area contributed by atoms with Gasteiger partial charge in [0.2, 0.25) is 10.0 Å². The Labute approximate surface area is 99.5 Å². The van der Waals surface area contributed by atoms with Crippen molar-refractivity contribution in [3.05, 3.63) is 0 Å².